The van der Waals surface area contributed by atoms with Gasteiger partial charge in [-0.2, -0.15) is 0 Å². The van der Waals surface area contributed by atoms with Crippen molar-refractivity contribution in [2.75, 3.05) is 19.7 Å². The summed E-state index contributed by atoms with van der Waals surface area (Å²) in [6, 6.07) is 5.84. The van der Waals surface area contributed by atoms with Gasteiger partial charge in [-0.05, 0) is 57.6 Å². The Labute approximate surface area is 210 Å². The zero-order valence-corrected chi connectivity index (χ0v) is 21.2. The first kappa shape index (κ1) is 24.2. The summed E-state index contributed by atoms with van der Waals surface area (Å²) in [5.41, 5.74) is 5.05. The van der Waals surface area contributed by atoms with E-state index in [0.717, 1.165) is 16.9 Å². The van der Waals surface area contributed by atoms with Gasteiger partial charge < -0.3 is 25.0 Å². The molecule has 1 aliphatic heterocycles. The van der Waals surface area contributed by atoms with Crippen molar-refractivity contribution in [3.63, 3.8) is 0 Å². The maximum atomic E-state index is 13.4. The first-order valence-electron chi connectivity index (χ1n) is 12.6. The molecule has 2 fully saturated rings. The standard InChI is InChI=1S/C27H33N5O4/c1-14-5-8-21(36-12-18-6-7-18)19(9-14)23-25-24(29-13-28-23)22(16(3)30-25)26(34)31-20-11-32(10-15(20)2)27(35)17(4)33/h5,8-9,13,15,17-18,20,30,33H,6-7,10-12H2,1-4H3,(H,31,34)/t15?,17-,20?/m0/s1. The van der Waals surface area contributed by atoms with E-state index in [9.17, 15) is 14.7 Å². The lowest BCUT2D eigenvalue weighted by Gasteiger charge is -2.18. The molecule has 3 N–H and O–H groups in total. The monoisotopic (exact) mass is 491 g/mol. The lowest BCUT2D eigenvalue weighted by molar-refractivity contribution is -0.138. The highest BCUT2D eigenvalue weighted by molar-refractivity contribution is 6.09. The molecule has 3 atom stereocenters. The van der Waals surface area contributed by atoms with E-state index in [4.69, 9.17) is 4.74 Å². The molecule has 2 aromatic heterocycles. The first-order valence-corrected chi connectivity index (χ1v) is 12.6. The van der Waals surface area contributed by atoms with Gasteiger partial charge in [0.1, 0.15) is 29.4 Å². The number of aromatic amines is 1. The average molecular weight is 492 g/mol. The van der Waals surface area contributed by atoms with Crippen molar-refractivity contribution in [1.29, 1.82) is 0 Å². The highest BCUT2D eigenvalue weighted by Crippen LogP contribution is 2.37. The molecule has 36 heavy (non-hydrogen) atoms. The van der Waals surface area contributed by atoms with Crippen molar-refractivity contribution >= 4 is 22.8 Å². The van der Waals surface area contributed by atoms with E-state index < -0.39 is 6.10 Å². The van der Waals surface area contributed by atoms with Gasteiger partial charge in [0.05, 0.1) is 23.7 Å². The van der Waals surface area contributed by atoms with E-state index >= 15 is 0 Å². The van der Waals surface area contributed by atoms with Gasteiger partial charge in [0, 0.05) is 24.3 Å². The third-order valence-electron chi connectivity index (χ3n) is 7.16. The van der Waals surface area contributed by atoms with Crippen molar-refractivity contribution in [1.82, 2.24) is 25.2 Å². The van der Waals surface area contributed by atoms with Crippen LogP contribution in [0.1, 0.15) is 48.3 Å². The molecule has 3 heterocycles. The Hall–Kier alpha value is -3.46. The minimum Gasteiger partial charge on any atom is -0.493 e. The fraction of sp³-hybridized carbons (Fsp3) is 0.481. The Morgan fingerprint density at radius 3 is 2.75 bits per heavy atom. The molecule has 0 spiro atoms. The lowest BCUT2D eigenvalue weighted by Crippen LogP contribution is -2.42. The number of aliphatic hydroxyl groups excluding tert-OH is 1. The topological polar surface area (TPSA) is 120 Å². The van der Waals surface area contributed by atoms with Crippen LogP contribution in [-0.4, -0.2) is 68.6 Å². The Morgan fingerprint density at radius 2 is 2.03 bits per heavy atom. The van der Waals surface area contributed by atoms with E-state index in [2.05, 4.69) is 20.3 Å². The zero-order valence-electron chi connectivity index (χ0n) is 21.2. The second-order valence-electron chi connectivity index (χ2n) is 10.3. The van der Waals surface area contributed by atoms with Crippen LogP contribution in [-0.2, 0) is 4.79 Å². The van der Waals surface area contributed by atoms with E-state index in [1.165, 1.54) is 26.1 Å². The fourth-order valence-corrected chi connectivity index (χ4v) is 4.89. The summed E-state index contributed by atoms with van der Waals surface area (Å²) in [4.78, 5) is 39.6. The molecular weight excluding hydrogens is 458 g/mol. The van der Waals surface area contributed by atoms with Crippen LogP contribution in [0.2, 0.25) is 0 Å². The summed E-state index contributed by atoms with van der Waals surface area (Å²) in [6.45, 7) is 8.87. The maximum Gasteiger partial charge on any atom is 0.255 e. The molecule has 3 aromatic rings. The maximum absolute atomic E-state index is 13.4. The second kappa shape index (κ2) is 9.54. The summed E-state index contributed by atoms with van der Waals surface area (Å²) in [5, 5.41) is 12.7. The van der Waals surface area contributed by atoms with Crippen LogP contribution >= 0.6 is 0 Å². The molecular formula is C27H33N5O4. The third kappa shape index (κ3) is 4.67. The van der Waals surface area contributed by atoms with Crippen molar-refractivity contribution < 1.29 is 19.4 Å². The number of nitrogens with one attached hydrogen (secondary N) is 2. The Kier molecular flexibility index (Phi) is 6.42. The van der Waals surface area contributed by atoms with E-state index in [1.54, 1.807) is 4.90 Å². The molecule has 5 rings (SSSR count). The number of aryl methyl sites for hydroxylation is 2. The van der Waals surface area contributed by atoms with Crippen LogP contribution in [0, 0.1) is 25.7 Å². The smallest absolute Gasteiger partial charge is 0.255 e. The van der Waals surface area contributed by atoms with Crippen molar-refractivity contribution in [3.8, 4) is 17.0 Å². The number of ether oxygens (including phenoxy) is 1. The zero-order chi connectivity index (χ0) is 25.6. The summed E-state index contributed by atoms with van der Waals surface area (Å²) in [5.74, 6) is 0.884. The van der Waals surface area contributed by atoms with Crippen LogP contribution < -0.4 is 10.1 Å². The third-order valence-corrected chi connectivity index (χ3v) is 7.16. The molecule has 2 unspecified atom stereocenters. The number of carbonyl (C=O) groups is 2. The van der Waals surface area contributed by atoms with Crippen LogP contribution in [0.3, 0.4) is 0 Å². The first-order chi connectivity index (χ1) is 17.2. The summed E-state index contributed by atoms with van der Waals surface area (Å²) >= 11 is 0. The molecule has 9 heteroatoms. The molecule has 2 aliphatic rings. The second-order valence-corrected chi connectivity index (χ2v) is 10.3. The van der Waals surface area contributed by atoms with E-state index in [0.29, 0.717) is 53.6 Å². The Morgan fingerprint density at radius 1 is 1.25 bits per heavy atom. The van der Waals surface area contributed by atoms with Gasteiger partial charge in [-0.25, -0.2) is 9.97 Å². The van der Waals surface area contributed by atoms with Crippen molar-refractivity contribution in [2.24, 2.45) is 11.8 Å². The molecule has 1 aromatic carbocycles. The molecule has 190 valence electrons. The lowest BCUT2D eigenvalue weighted by atomic mass is 10.0. The largest absolute Gasteiger partial charge is 0.493 e. The van der Waals surface area contributed by atoms with Crippen molar-refractivity contribution in [3.05, 3.63) is 41.3 Å². The normalized spacial score (nSPS) is 20.5. The number of nitrogens with zero attached hydrogens (tertiary/aromatic N) is 3. The number of fused-ring (bicyclic) bond motifs is 1. The Balaban J connectivity index is 1.44. The highest BCUT2D eigenvalue weighted by atomic mass is 16.5. The average Bonchev–Trinajstić information content (AvgIpc) is 3.51. The minimum atomic E-state index is -1.06. The quantitative estimate of drug-likeness (QED) is 0.467. The number of aliphatic hydroxyl groups is 1. The van der Waals surface area contributed by atoms with Crippen LogP contribution in [0.4, 0.5) is 0 Å². The molecule has 2 amide bonds. The van der Waals surface area contributed by atoms with E-state index in [1.807, 2.05) is 39.0 Å². The number of amides is 2. The number of hydrogen-bond donors (Lipinski definition) is 3. The fourth-order valence-electron chi connectivity index (χ4n) is 4.89. The van der Waals surface area contributed by atoms with E-state index in [-0.39, 0.29) is 23.8 Å². The van der Waals surface area contributed by atoms with Crippen LogP contribution in [0.15, 0.2) is 24.5 Å². The number of H-pyrrole nitrogens is 1. The SMILES string of the molecule is Cc1ccc(OCC2CC2)c(-c2ncnc3c(C(=O)NC4CN(C(=O)[C@H](C)O)CC4C)c(C)[nH]c23)c1. The highest BCUT2D eigenvalue weighted by Gasteiger charge is 2.35. The minimum absolute atomic E-state index is 0.0609. The van der Waals surface area contributed by atoms with Gasteiger partial charge in [-0.3, -0.25) is 9.59 Å². The number of carbonyl (C=O) groups excluding carboxylic acids is 2. The summed E-state index contributed by atoms with van der Waals surface area (Å²) in [6.07, 6.45) is 2.84. The van der Waals surface area contributed by atoms with Gasteiger partial charge in [0.25, 0.3) is 11.8 Å². The van der Waals surface area contributed by atoms with Gasteiger partial charge in [-0.15, -0.1) is 0 Å². The molecule has 0 bridgehead atoms. The molecule has 1 aliphatic carbocycles. The van der Waals surface area contributed by atoms with Gasteiger partial charge in [0.15, 0.2) is 0 Å². The van der Waals surface area contributed by atoms with Crippen molar-refractivity contribution in [2.45, 2.75) is 52.7 Å². The number of aromatic nitrogens is 3. The van der Waals surface area contributed by atoms with Crippen LogP contribution in [0.5, 0.6) is 5.75 Å². The van der Waals surface area contributed by atoms with Gasteiger partial charge >= 0.3 is 0 Å². The molecule has 0 radical (unpaired) electrons. The molecule has 1 saturated carbocycles. The number of benzene rings is 1. The number of rotatable bonds is 7. The Bertz CT molecular complexity index is 1310. The van der Waals surface area contributed by atoms with Gasteiger partial charge in [-0.1, -0.05) is 18.6 Å². The summed E-state index contributed by atoms with van der Waals surface area (Å²) in [7, 11) is 0. The molecule has 9 nitrogen and oxygen atoms in total. The van der Waals surface area contributed by atoms with Crippen LogP contribution in [0.25, 0.3) is 22.3 Å². The summed E-state index contributed by atoms with van der Waals surface area (Å²) < 4.78 is 6.15. The predicted molar refractivity (Wildman–Crippen MR) is 136 cm³/mol. The number of likely N-dealkylation sites (tertiary alicyclic amines) is 1. The number of hydrogen-bond acceptors (Lipinski definition) is 6. The molecule has 1 saturated heterocycles. The van der Waals surface area contributed by atoms with Gasteiger partial charge in [0.2, 0.25) is 0 Å². The predicted octanol–water partition coefficient (Wildman–Crippen LogP) is 2.99.